The van der Waals surface area contributed by atoms with Crippen molar-refractivity contribution in [2.75, 3.05) is 39.8 Å². The van der Waals surface area contributed by atoms with Crippen molar-refractivity contribution in [2.24, 2.45) is 22.7 Å². The van der Waals surface area contributed by atoms with Crippen LogP contribution in [0.5, 0.6) is 0 Å². The third-order valence-electron chi connectivity index (χ3n) is 6.62. The monoisotopic (exact) mass is 334 g/mol. The van der Waals surface area contributed by atoms with Crippen LogP contribution in [0.1, 0.15) is 58.8 Å². The molecule has 0 spiro atoms. The van der Waals surface area contributed by atoms with Crippen molar-refractivity contribution >= 4 is 5.96 Å². The minimum Gasteiger partial charge on any atom is -0.353 e. The van der Waals surface area contributed by atoms with E-state index in [4.69, 9.17) is 0 Å². The predicted octanol–water partition coefficient (Wildman–Crippen LogP) is 3.19. The van der Waals surface area contributed by atoms with E-state index in [0.717, 1.165) is 17.8 Å². The Bertz CT molecular complexity index is 412. The van der Waals surface area contributed by atoms with Crippen molar-refractivity contribution < 1.29 is 0 Å². The molecule has 2 aliphatic carbocycles. The molecule has 138 valence electrons. The number of hydrogen-bond acceptors (Lipinski definition) is 2. The van der Waals surface area contributed by atoms with Crippen molar-refractivity contribution in [1.29, 1.82) is 0 Å². The number of aliphatic imine (C=N–C) groups is 1. The molecule has 0 amide bonds. The first kappa shape index (κ1) is 18.0. The van der Waals surface area contributed by atoms with Gasteiger partial charge < -0.3 is 15.1 Å². The molecule has 1 heterocycles. The molecule has 4 heteroatoms. The van der Waals surface area contributed by atoms with Gasteiger partial charge in [0.05, 0.1) is 0 Å². The van der Waals surface area contributed by atoms with Crippen LogP contribution in [0.2, 0.25) is 0 Å². The largest absolute Gasteiger partial charge is 0.353 e. The summed E-state index contributed by atoms with van der Waals surface area (Å²) in [5.41, 5.74) is 0. The second-order valence-corrected chi connectivity index (χ2v) is 8.18. The maximum Gasteiger partial charge on any atom is 0.193 e. The minimum absolute atomic E-state index is 0.702. The molecule has 1 N–H and O–H groups in total. The van der Waals surface area contributed by atoms with Gasteiger partial charge in [-0.3, -0.25) is 4.99 Å². The van der Waals surface area contributed by atoms with E-state index in [1.54, 1.807) is 0 Å². The van der Waals surface area contributed by atoms with Crippen LogP contribution in [-0.2, 0) is 0 Å². The summed E-state index contributed by atoms with van der Waals surface area (Å²) in [6.07, 6.45) is 10.0. The van der Waals surface area contributed by atoms with Crippen LogP contribution in [0.15, 0.2) is 4.99 Å². The highest BCUT2D eigenvalue weighted by molar-refractivity contribution is 5.80. The number of nitrogens with zero attached hydrogens (tertiary/aromatic N) is 3. The molecule has 3 fully saturated rings. The Kier molecular flexibility index (Phi) is 6.43. The third-order valence-corrected chi connectivity index (χ3v) is 6.62. The van der Waals surface area contributed by atoms with E-state index >= 15 is 0 Å². The van der Waals surface area contributed by atoms with Gasteiger partial charge in [-0.25, -0.2) is 0 Å². The molecule has 24 heavy (non-hydrogen) atoms. The average molecular weight is 335 g/mol. The summed E-state index contributed by atoms with van der Waals surface area (Å²) in [6.45, 7) is 10.5. The molecule has 3 rings (SSSR count). The van der Waals surface area contributed by atoms with E-state index in [0.29, 0.717) is 6.04 Å². The molecule has 2 saturated carbocycles. The van der Waals surface area contributed by atoms with Crippen molar-refractivity contribution in [1.82, 2.24) is 15.1 Å². The molecule has 3 aliphatic rings. The van der Waals surface area contributed by atoms with Crippen molar-refractivity contribution in [3.63, 3.8) is 0 Å². The zero-order valence-electron chi connectivity index (χ0n) is 16.1. The second-order valence-electron chi connectivity index (χ2n) is 8.18. The summed E-state index contributed by atoms with van der Waals surface area (Å²) in [7, 11) is 1.96. The molecule has 3 unspecified atom stereocenters. The van der Waals surface area contributed by atoms with Gasteiger partial charge in [-0.2, -0.15) is 0 Å². The predicted molar refractivity (Wildman–Crippen MR) is 102 cm³/mol. The van der Waals surface area contributed by atoms with E-state index in [9.17, 15) is 0 Å². The molecule has 0 aromatic rings. The Labute approximate surface area is 149 Å². The lowest BCUT2D eigenvalue weighted by Crippen LogP contribution is -2.42. The topological polar surface area (TPSA) is 30.9 Å². The number of rotatable bonds is 6. The van der Waals surface area contributed by atoms with E-state index < -0.39 is 0 Å². The van der Waals surface area contributed by atoms with Gasteiger partial charge in [0.15, 0.2) is 5.96 Å². The normalized spacial score (nSPS) is 31.8. The second kappa shape index (κ2) is 8.55. The first-order chi connectivity index (χ1) is 11.7. The van der Waals surface area contributed by atoms with Crippen molar-refractivity contribution in [3.8, 4) is 0 Å². The zero-order valence-corrected chi connectivity index (χ0v) is 16.1. The fraction of sp³-hybridized carbons (Fsp3) is 0.950. The van der Waals surface area contributed by atoms with E-state index in [1.807, 2.05) is 7.05 Å². The van der Waals surface area contributed by atoms with Gasteiger partial charge in [0.1, 0.15) is 0 Å². The molecule has 4 nitrogen and oxygen atoms in total. The van der Waals surface area contributed by atoms with Crippen molar-refractivity contribution in [2.45, 2.75) is 64.8 Å². The SMILES string of the molecule is CCN(CC)CC1CCN(C(=NC)NC2CC2C2CCCCC2)C1. The summed E-state index contributed by atoms with van der Waals surface area (Å²) in [6, 6.07) is 0.702. The standard InChI is InChI=1S/C20H38N4/c1-4-23(5-2)14-16-11-12-24(15-16)20(21-3)22-19-13-18(19)17-9-7-6-8-10-17/h16-19H,4-15H2,1-3H3,(H,21,22). The van der Waals surface area contributed by atoms with Gasteiger partial charge in [0, 0.05) is 32.7 Å². The summed E-state index contributed by atoms with van der Waals surface area (Å²) in [5.74, 6) is 3.89. The summed E-state index contributed by atoms with van der Waals surface area (Å²) in [4.78, 5) is 9.67. The molecule has 0 aromatic heterocycles. The quantitative estimate of drug-likeness (QED) is 0.598. The zero-order chi connectivity index (χ0) is 16.9. The Morgan fingerprint density at radius 3 is 2.54 bits per heavy atom. The van der Waals surface area contributed by atoms with Gasteiger partial charge in [0.25, 0.3) is 0 Å². The van der Waals surface area contributed by atoms with Crippen LogP contribution in [0.25, 0.3) is 0 Å². The average Bonchev–Trinajstić information content (AvgIpc) is 3.26. The summed E-state index contributed by atoms with van der Waals surface area (Å²) < 4.78 is 0. The van der Waals surface area contributed by atoms with Crippen molar-refractivity contribution in [3.05, 3.63) is 0 Å². The third kappa shape index (κ3) is 4.44. The first-order valence-electron chi connectivity index (χ1n) is 10.5. The smallest absolute Gasteiger partial charge is 0.193 e. The van der Waals surface area contributed by atoms with Crippen LogP contribution in [-0.4, -0.2) is 61.6 Å². The van der Waals surface area contributed by atoms with E-state index in [-0.39, 0.29) is 0 Å². The van der Waals surface area contributed by atoms with Crippen LogP contribution < -0.4 is 5.32 Å². The molecule has 0 radical (unpaired) electrons. The summed E-state index contributed by atoms with van der Waals surface area (Å²) in [5, 5.41) is 3.79. The minimum atomic E-state index is 0.702. The highest BCUT2D eigenvalue weighted by Gasteiger charge is 2.44. The van der Waals surface area contributed by atoms with E-state index in [2.05, 4.69) is 34.0 Å². The molecular weight excluding hydrogens is 296 g/mol. The molecule has 0 bridgehead atoms. The molecule has 1 saturated heterocycles. The lowest BCUT2D eigenvalue weighted by atomic mass is 9.85. The molecule has 0 aromatic carbocycles. The van der Waals surface area contributed by atoms with Crippen LogP contribution in [0.4, 0.5) is 0 Å². The van der Waals surface area contributed by atoms with E-state index in [1.165, 1.54) is 83.6 Å². The Morgan fingerprint density at radius 1 is 1.12 bits per heavy atom. The van der Waals surface area contributed by atoms with Crippen LogP contribution in [0, 0.1) is 17.8 Å². The van der Waals surface area contributed by atoms with Gasteiger partial charge in [-0.1, -0.05) is 46.0 Å². The highest BCUT2D eigenvalue weighted by Crippen LogP contribution is 2.44. The van der Waals surface area contributed by atoms with Gasteiger partial charge in [-0.15, -0.1) is 0 Å². The number of likely N-dealkylation sites (tertiary alicyclic amines) is 1. The molecular formula is C20H38N4. The Balaban J connectivity index is 1.44. The van der Waals surface area contributed by atoms with Crippen LogP contribution >= 0.6 is 0 Å². The Morgan fingerprint density at radius 2 is 1.88 bits per heavy atom. The van der Waals surface area contributed by atoms with Crippen LogP contribution in [0.3, 0.4) is 0 Å². The number of guanidine groups is 1. The molecule has 3 atom stereocenters. The Hall–Kier alpha value is -0.770. The summed E-state index contributed by atoms with van der Waals surface area (Å²) >= 11 is 0. The lowest BCUT2D eigenvalue weighted by molar-refractivity contribution is 0.255. The maximum absolute atomic E-state index is 4.60. The van der Waals surface area contributed by atoms with Gasteiger partial charge in [0.2, 0.25) is 0 Å². The highest BCUT2D eigenvalue weighted by atomic mass is 15.3. The fourth-order valence-corrected chi connectivity index (χ4v) is 4.95. The first-order valence-corrected chi connectivity index (χ1v) is 10.5. The van der Waals surface area contributed by atoms with Gasteiger partial charge in [-0.05, 0) is 43.7 Å². The maximum atomic E-state index is 4.60. The number of hydrogen-bond donors (Lipinski definition) is 1. The fourth-order valence-electron chi connectivity index (χ4n) is 4.95. The van der Waals surface area contributed by atoms with Gasteiger partial charge >= 0.3 is 0 Å². The molecule has 1 aliphatic heterocycles. The number of nitrogens with one attached hydrogen (secondary N) is 1. The lowest BCUT2D eigenvalue weighted by Gasteiger charge is -2.25.